The fraction of sp³-hybridized carbons (Fsp3) is 0.556. The van der Waals surface area contributed by atoms with Gasteiger partial charge in [0.05, 0.1) is 38.0 Å². The van der Waals surface area contributed by atoms with Crippen LogP contribution in [0.25, 0.3) is 0 Å². The summed E-state index contributed by atoms with van der Waals surface area (Å²) in [6.07, 6.45) is -4.31. The van der Waals surface area contributed by atoms with Crippen LogP contribution in [0.3, 0.4) is 0 Å². The third kappa shape index (κ3) is 5.87. The largest absolute Gasteiger partial charge is 0.416 e. The van der Waals surface area contributed by atoms with Crippen molar-refractivity contribution < 1.29 is 27.7 Å². The SMILES string of the molecule is C[C@H]1S[C@H](c2cccc(C(F)(F)F)c2)N(CCC(=O)NCC[NH+](C)C)C1=O. The van der Waals surface area contributed by atoms with E-state index in [4.69, 9.17) is 0 Å². The number of nitrogens with one attached hydrogen (secondary N) is 2. The van der Waals surface area contributed by atoms with Gasteiger partial charge in [0.1, 0.15) is 5.37 Å². The summed E-state index contributed by atoms with van der Waals surface area (Å²) in [7, 11) is 3.96. The van der Waals surface area contributed by atoms with Crippen molar-refractivity contribution in [3.05, 3.63) is 35.4 Å². The Morgan fingerprint density at radius 3 is 2.67 bits per heavy atom. The van der Waals surface area contributed by atoms with Crippen LogP contribution >= 0.6 is 11.8 Å². The summed E-state index contributed by atoms with van der Waals surface area (Å²) in [5, 5.41) is 1.92. The minimum atomic E-state index is -4.44. The maximum absolute atomic E-state index is 13.0. The molecule has 0 radical (unpaired) electrons. The molecule has 5 nitrogen and oxygen atoms in total. The molecule has 1 fully saturated rings. The fourth-order valence-corrected chi connectivity index (χ4v) is 4.09. The molecule has 0 unspecified atom stereocenters. The number of hydrogen-bond donors (Lipinski definition) is 2. The second-order valence-corrected chi connectivity index (χ2v) is 8.27. The van der Waals surface area contributed by atoms with E-state index in [-0.39, 0.29) is 30.0 Å². The standard InChI is InChI=1S/C18H24F3N3O2S/c1-12-16(26)24(9-7-15(25)22-8-10-23(2)3)17(27-12)13-5-4-6-14(11-13)18(19,20)21/h4-6,11-12,17H,7-10H2,1-3H3,(H,22,25)/p+1/t12-,17-/m1/s1. The molecule has 2 N–H and O–H groups in total. The first kappa shape index (κ1) is 21.6. The summed E-state index contributed by atoms with van der Waals surface area (Å²) in [4.78, 5) is 27.1. The minimum absolute atomic E-state index is 0.122. The van der Waals surface area contributed by atoms with E-state index >= 15 is 0 Å². The predicted octanol–water partition coefficient (Wildman–Crippen LogP) is 1.32. The summed E-state index contributed by atoms with van der Waals surface area (Å²) in [5.74, 6) is -0.329. The number of carbonyl (C=O) groups excluding carboxylic acids is 2. The van der Waals surface area contributed by atoms with Crippen molar-refractivity contribution in [3.8, 4) is 0 Å². The highest BCUT2D eigenvalue weighted by molar-refractivity contribution is 8.01. The number of amides is 2. The van der Waals surface area contributed by atoms with Crippen molar-refractivity contribution in [2.75, 3.05) is 33.7 Å². The number of carbonyl (C=O) groups is 2. The second kappa shape index (κ2) is 8.97. The minimum Gasteiger partial charge on any atom is -0.350 e. The van der Waals surface area contributed by atoms with Gasteiger partial charge < -0.3 is 15.1 Å². The van der Waals surface area contributed by atoms with Crippen LogP contribution in [0.2, 0.25) is 0 Å². The smallest absolute Gasteiger partial charge is 0.350 e. The highest BCUT2D eigenvalue weighted by atomic mass is 32.2. The average Bonchev–Trinajstić information content (AvgIpc) is 2.87. The Morgan fingerprint density at radius 2 is 2.04 bits per heavy atom. The van der Waals surface area contributed by atoms with Gasteiger partial charge in [0.2, 0.25) is 11.8 Å². The molecule has 1 aliphatic rings. The monoisotopic (exact) mass is 404 g/mol. The molecule has 0 aliphatic carbocycles. The van der Waals surface area contributed by atoms with Gasteiger partial charge >= 0.3 is 6.18 Å². The normalized spacial score (nSPS) is 20.4. The summed E-state index contributed by atoms with van der Waals surface area (Å²) >= 11 is 1.30. The van der Waals surface area contributed by atoms with Gasteiger partial charge in [-0.1, -0.05) is 12.1 Å². The van der Waals surface area contributed by atoms with Crippen LogP contribution in [0.5, 0.6) is 0 Å². The van der Waals surface area contributed by atoms with Crippen molar-refractivity contribution in [1.82, 2.24) is 10.2 Å². The Hall–Kier alpha value is -1.74. The summed E-state index contributed by atoms with van der Waals surface area (Å²) in [6, 6.07) is 5.03. The molecule has 1 aromatic rings. The molecule has 2 rings (SSSR count). The first-order chi connectivity index (χ1) is 12.6. The highest BCUT2D eigenvalue weighted by Gasteiger charge is 2.39. The first-order valence-corrected chi connectivity index (χ1v) is 9.72. The molecule has 1 aromatic carbocycles. The Bertz CT molecular complexity index is 682. The molecule has 9 heteroatoms. The average molecular weight is 404 g/mol. The van der Waals surface area contributed by atoms with Crippen molar-refractivity contribution >= 4 is 23.6 Å². The van der Waals surface area contributed by atoms with Gasteiger partial charge in [-0.05, 0) is 24.6 Å². The first-order valence-electron chi connectivity index (χ1n) is 8.78. The Kier molecular flexibility index (Phi) is 7.16. The van der Waals surface area contributed by atoms with Crippen molar-refractivity contribution in [3.63, 3.8) is 0 Å². The zero-order chi connectivity index (χ0) is 20.2. The van der Waals surface area contributed by atoms with Gasteiger partial charge in [0.25, 0.3) is 0 Å². The molecule has 2 atom stereocenters. The van der Waals surface area contributed by atoms with E-state index in [9.17, 15) is 22.8 Å². The number of halogens is 3. The fourth-order valence-electron chi connectivity index (χ4n) is 2.79. The van der Waals surface area contributed by atoms with Crippen molar-refractivity contribution in [1.29, 1.82) is 0 Å². The molecular weight excluding hydrogens is 379 g/mol. The lowest BCUT2D eigenvalue weighted by Crippen LogP contribution is -3.06. The Balaban J connectivity index is 2.06. The summed E-state index contributed by atoms with van der Waals surface area (Å²) in [6.45, 7) is 3.23. The number of thioether (sulfide) groups is 1. The van der Waals surface area contributed by atoms with E-state index in [0.29, 0.717) is 12.1 Å². The van der Waals surface area contributed by atoms with Crippen molar-refractivity contribution in [2.45, 2.75) is 30.1 Å². The molecule has 2 amide bonds. The predicted molar refractivity (Wildman–Crippen MR) is 98.3 cm³/mol. The van der Waals surface area contributed by atoms with E-state index in [1.807, 2.05) is 14.1 Å². The lowest BCUT2D eigenvalue weighted by Gasteiger charge is -2.24. The third-order valence-corrected chi connectivity index (χ3v) is 5.67. The number of likely N-dealkylation sites (N-methyl/N-ethyl adjacent to an activating group) is 1. The summed E-state index contributed by atoms with van der Waals surface area (Å²) in [5.41, 5.74) is -0.319. The molecule has 0 spiro atoms. The van der Waals surface area contributed by atoms with Crippen LogP contribution in [-0.2, 0) is 15.8 Å². The molecule has 27 heavy (non-hydrogen) atoms. The number of rotatable bonds is 7. The Labute approximate surface area is 161 Å². The van der Waals surface area contributed by atoms with E-state index in [2.05, 4.69) is 5.32 Å². The number of quaternary nitrogens is 1. The molecule has 150 valence electrons. The number of alkyl halides is 3. The molecule has 0 aromatic heterocycles. The van der Waals surface area contributed by atoms with Gasteiger partial charge in [0.15, 0.2) is 0 Å². The van der Waals surface area contributed by atoms with Gasteiger partial charge in [0, 0.05) is 13.0 Å². The van der Waals surface area contributed by atoms with Crippen LogP contribution < -0.4 is 10.2 Å². The van der Waals surface area contributed by atoms with Gasteiger partial charge in [-0.2, -0.15) is 13.2 Å². The molecule has 1 saturated heterocycles. The highest BCUT2D eigenvalue weighted by Crippen LogP contribution is 2.44. The molecule has 1 heterocycles. The molecular formula is C18H25F3N3O2S+. The lowest BCUT2D eigenvalue weighted by atomic mass is 10.1. The number of benzene rings is 1. The van der Waals surface area contributed by atoms with E-state index in [0.717, 1.165) is 18.7 Å². The zero-order valence-electron chi connectivity index (χ0n) is 15.6. The van der Waals surface area contributed by atoms with Crippen LogP contribution in [0, 0.1) is 0 Å². The van der Waals surface area contributed by atoms with Crippen LogP contribution in [0.1, 0.15) is 29.8 Å². The maximum Gasteiger partial charge on any atom is 0.416 e. The van der Waals surface area contributed by atoms with E-state index in [1.54, 1.807) is 13.0 Å². The van der Waals surface area contributed by atoms with E-state index < -0.39 is 17.1 Å². The Morgan fingerprint density at radius 1 is 1.33 bits per heavy atom. The third-order valence-electron chi connectivity index (χ3n) is 4.27. The molecule has 0 bridgehead atoms. The van der Waals surface area contributed by atoms with E-state index in [1.165, 1.54) is 27.6 Å². The quantitative estimate of drug-likeness (QED) is 0.721. The summed E-state index contributed by atoms with van der Waals surface area (Å²) < 4.78 is 39.0. The molecule has 1 aliphatic heterocycles. The number of hydrogen-bond acceptors (Lipinski definition) is 3. The topological polar surface area (TPSA) is 53.9 Å². The van der Waals surface area contributed by atoms with Gasteiger partial charge in [-0.3, -0.25) is 9.59 Å². The van der Waals surface area contributed by atoms with Crippen molar-refractivity contribution in [2.24, 2.45) is 0 Å². The zero-order valence-corrected chi connectivity index (χ0v) is 16.4. The van der Waals surface area contributed by atoms with Crippen LogP contribution in [0.4, 0.5) is 13.2 Å². The lowest BCUT2D eigenvalue weighted by molar-refractivity contribution is -0.856. The molecule has 0 saturated carbocycles. The maximum atomic E-state index is 13.0. The van der Waals surface area contributed by atoms with Crippen LogP contribution in [0.15, 0.2) is 24.3 Å². The van der Waals surface area contributed by atoms with Gasteiger partial charge in [-0.25, -0.2) is 0 Å². The van der Waals surface area contributed by atoms with Crippen LogP contribution in [-0.4, -0.2) is 55.7 Å². The number of nitrogens with zero attached hydrogens (tertiary/aromatic N) is 1. The second-order valence-electron chi connectivity index (χ2n) is 6.84. The van der Waals surface area contributed by atoms with Gasteiger partial charge in [-0.15, -0.1) is 11.8 Å².